The molecule has 0 saturated heterocycles. The second kappa shape index (κ2) is 8.73. The van der Waals surface area contributed by atoms with E-state index in [1.54, 1.807) is 19.1 Å². The lowest BCUT2D eigenvalue weighted by Crippen LogP contribution is -2.15. The molecule has 156 valence electrons. The number of carbonyl (C=O) groups is 1. The van der Waals surface area contributed by atoms with Crippen LogP contribution in [0.3, 0.4) is 0 Å². The van der Waals surface area contributed by atoms with Crippen LogP contribution in [0.25, 0.3) is 0 Å². The molecule has 0 radical (unpaired) electrons. The Labute approximate surface area is 181 Å². The minimum Gasteiger partial charge on any atom is -0.484 e. The van der Waals surface area contributed by atoms with E-state index < -0.39 is 16.9 Å². The van der Waals surface area contributed by atoms with Crippen LogP contribution in [0.5, 0.6) is 5.75 Å². The molecule has 1 aliphatic rings. The van der Waals surface area contributed by atoms with E-state index in [1.807, 2.05) is 16.7 Å². The van der Waals surface area contributed by atoms with E-state index >= 15 is 0 Å². The molecule has 1 fully saturated rings. The number of halogens is 3. The fourth-order valence-corrected chi connectivity index (χ4v) is 4.19. The molecule has 0 bridgehead atoms. The molecule has 9 heteroatoms. The maximum Gasteiger partial charge on any atom is 0.192 e. The molecule has 1 heterocycles. The first-order chi connectivity index (χ1) is 14.4. The minimum atomic E-state index is -1.04. The van der Waals surface area contributed by atoms with Crippen LogP contribution in [-0.2, 0) is 6.61 Å². The van der Waals surface area contributed by atoms with E-state index in [9.17, 15) is 13.6 Å². The predicted octanol–water partition coefficient (Wildman–Crippen LogP) is 5.49. The van der Waals surface area contributed by atoms with E-state index in [0.29, 0.717) is 21.8 Å². The van der Waals surface area contributed by atoms with Crippen molar-refractivity contribution in [2.45, 2.75) is 42.8 Å². The van der Waals surface area contributed by atoms with Gasteiger partial charge in [0.1, 0.15) is 12.4 Å². The van der Waals surface area contributed by atoms with Crippen molar-refractivity contribution >= 4 is 29.1 Å². The highest BCUT2D eigenvalue weighted by molar-refractivity contribution is 8.00. The quantitative estimate of drug-likeness (QED) is 0.336. The lowest BCUT2D eigenvalue weighted by Gasteiger charge is -2.13. The Balaban J connectivity index is 1.49. The molecule has 1 saturated carbocycles. The van der Waals surface area contributed by atoms with E-state index in [0.717, 1.165) is 25.0 Å². The first-order valence-electron chi connectivity index (χ1n) is 9.41. The summed E-state index contributed by atoms with van der Waals surface area (Å²) in [6.07, 6.45) is 1.99. The number of nitrogens with zero attached hydrogens (tertiary/aromatic N) is 3. The molecule has 30 heavy (non-hydrogen) atoms. The SMILES string of the molecule is CC(Sc1nnc(COc2ccccc2Cl)n1C1CC1)C(=O)c1ccc(F)c(F)c1. The van der Waals surface area contributed by atoms with Gasteiger partial charge in [0.15, 0.2) is 28.4 Å². The number of ketones is 1. The van der Waals surface area contributed by atoms with Crippen LogP contribution in [0, 0.1) is 11.6 Å². The van der Waals surface area contributed by atoms with Gasteiger partial charge in [0.05, 0.1) is 10.3 Å². The monoisotopic (exact) mass is 449 g/mol. The van der Waals surface area contributed by atoms with E-state index in [-0.39, 0.29) is 24.0 Å². The molecular weight excluding hydrogens is 432 g/mol. The average Bonchev–Trinajstić information content (AvgIpc) is 3.50. The van der Waals surface area contributed by atoms with Crippen LogP contribution in [0.4, 0.5) is 8.78 Å². The van der Waals surface area contributed by atoms with Gasteiger partial charge in [0.25, 0.3) is 0 Å². The van der Waals surface area contributed by atoms with Crippen molar-refractivity contribution in [2.24, 2.45) is 0 Å². The molecule has 5 nitrogen and oxygen atoms in total. The van der Waals surface area contributed by atoms with Crippen molar-refractivity contribution < 1.29 is 18.3 Å². The summed E-state index contributed by atoms with van der Waals surface area (Å²) in [5, 5.41) is 9.03. The van der Waals surface area contributed by atoms with Gasteiger partial charge in [-0.05, 0) is 50.1 Å². The molecule has 4 rings (SSSR count). The first kappa shape index (κ1) is 20.8. The molecule has 0 spiro atoms. The number of benzene rings is 2. The fourth-order valence-electron chi connectivity index (χ4n) is 2.99. The largest absolute Gasteiger partial charge is 0.484 e. The molecule has 1 aliphatic carbocycles. The summed E-state index contributed by atoms with van der Waals surface area (Å²) in [5.74, 6) is -1.13. The number of thioether (sulfide) groups is 1. The van der Waals surface area contributed by atoms with Crippen molar-refractivity contribution in [3.8, 4) is 5.75 Å². The number of ether oxygens (including phenoxy) is 1. The van der Waals surface area contributed by atoms with E-state index in [4.69, 9.17) is 16.3 Å². The van der Waals surface area contributed by atoms with Crippen molar-refractivity contribution in [3.63, 3.8) is 0 Å². The number of hydrogen-bond acceptors (Lipinski definition) is 5. The van der Waals surface area contributed by atoms with Crippen molar-refractivity contribution in [1.82, 2.24) is 14.8 Å². The number of Topliss-reactive ketones (excluding diaryl/α,β-unsaturated/α-hetero) is 1. The van der Waals surface area contributed by atoms with Crippen LogP contribution in [-0.4, -0.2) is 25.8 Å². The zero-order valence-electron chi connectivity index (χ0n) is 16.0. The number of aromatic nitrogens is 3. The third-order valence-electron chi connectivity index (χ3n) is 4.70. The minimum absolute atomic E-state index is 0.119. The summed E-state index contributed by atoms with van der Waals surface area (Å²) in [6, 6.07) is 10.6. The Hall–Kier alpha value is -2.45. The van der Waals surface area contributed by atoms with Gasteiger partial charge in [-0.3, -0.25) is 9.36 Å². The normalized spacial score (nSPS) is 14.5. The van der Waals surface area contributed by atoms with Gasteiger partial charge < -0.3 is 4.74 Å². The van der Waals surface area contributed by atoms with Gasteiger partial charge in [0, 0.05) is 11.6 Å². The topological polar surface area (TPSA) is 57.0 Å². The maximum absolute atomic E-state index is 13.5. The van der Waals surface area contributed by atoms with Crippen molar-refractivity contribution in [1.29, 1.82) is 0 Å². The Morgan fingerprint density at radius 1 is 1.23 bits per heavy atom. The zero-order valence-corrected chi connectivity index (χ0v) is 17.6. The number of rotatable bonds is 8. The van der Waals surface area contributed by atoms with Gasteiger partial charge in [-0.2, -0.15) is 0 Å². The maximum atomic E-state index is 13.5. The average molecular weight is 450 g/mol. The Morgan fingerprint density at radius 2 is 2.00 bits per heavy atom. The molecular formula is C21H18ClF2N3O2S. The predicted molar refractivity (Wildman–Crippen MR) is 110 cm³/mol. The lowest BCUT2D eigenvalue weighted by molar-refractivity contribution is 0.0993. The van der Waals surface area contributed by atoms with Gasteiger partial charge in [0.2, 0.25) is 0 Å². The van der Waals surface area contributed by atoms with Crippen LogP contribution in [0.1, 0.15) is 42.0 Å². The lowest BCUT2D eigenvalue weighted by atomic mass is 10.1. The third kappa shape index (κ3) is 4.49. The molecule has 0 aliphatic heterocycles. The summed E-state index contributed by atoms with van der Waals surface area (Å²) in [5.41, 5.74) is 0.119. The molecule has 0 N–H and O–H groups in total. The first-order valence-corrected chi connectivity index (χ1v) is 10.7. The highest BCUT2D eigenvalue weighted by Crippen LogP contribution is 2.40. The second-order valence-corrected chi connectivity index (χ2v) is 8.69. The highest BCUT2D eigenvalue weighted by atomic mass is 35.5. The molecule has 0 amide bonds. The van der Waals surface area contributed by atoms with Gasteiger partial charge in [-0.15, -0.1) is 10.2 Å². The summed E-state index contributed by atoms with van der Waals surface area (Å²) in [6.45, 7) is 1.90. The second-order valence-electron chi connectivity index (χ2n) is 6.97. The van der Waals surface area contributed by atoms with Crippen LogP contribution in [0.2, 0.25) is 5.02 Å². The van der Waals surface area contributed by atoms with Gasteiger partial charge in [-0.25, -0.2) is 8.78 Å². The molecule has 2 aromatic carbocycles. The Morgan fingerprint density at radius 3 is 2.70 bits per heavy atom. The van der Waals surface area contributed by atoms with Crippen LogP contribution in [0.15, 0.2) is 47.6 Å². The van der Waals surface area contributed by atoms with Crippen LogP contribution < -0.4 is 4.74 Å². The Bertz CT molecular complexity index is 1090. The van der Waals surface area contributed by atoms with Crippen LogP contribution >= 0.6 is 23.4 Å². The molecule has 3 aromatic rings. The van der Waals surface area contributed by atoms with E-state index in [2.05, 4.69) is 10.2 Å². The summed E-state index contributed by atoms with van der Waals surface area (Å²) in [7, 11) is 0. The van der Waals surface area contributed by atoms with Crippen molar-refractivity contribution in [3.05, 3.63) is 70.5 Å². The van der Waals surface area contributed by atoms with E-state index in [1.165, 1.54) is 17.8 Å². The molecule has 1 unspecified atom stereocenters. The number of carbonyl (C=O) groups excluding carboxylic acids is 1. The summed E-state index contributed by atoms with van der Waals surface area (Å²) >= 11 is 7.37. The molecule has 1 aromatic heterocycles. The van der Waals surface area contributed by atoms with Crippen molar-refractivity contribution in [2.75, 3.05) is 0 Å². The molecule has 1 atom stereocenters. The van der Waals surface area contributed by atoms with Gasteiger partial charge in [-0.1, -0.05) is 35.5 Å². The number of hydrogen-bond donors (Lipinski definition) is 0. The highest BCUT2D eigenvalue weighted by Gasteiger charge is 2.31. The third-order valence-corrected chi connectivity index (χ3v) is 6.07. The zero-order chi connectivity index (χ0) is 21.3. The van der Waals surface area contributed by atoms with Gasteiger partial charge >= 0.3 is 0 Å². The standard InChI is InChI=1S/C21H18ClF2N3O2S/c1-12(20(28)13-6-9-16(23)17(24)10-13)30-21-26-25-19(27(21)14-7-8-14)11-29-18-5-3-2-4-15(18)22/h2-6,9-10,12,14H,7-8,11H2,1H3. The smallest absolute Gasteiger partial charge is 0.192 e. The fraction of sp³-hybridized carbons (Fsp3) is 0.286. The number of para-hydroxylation sites is 1. The summed E-state index contributed by atoms with van der Waals surface area (Å²) < 4.78 is 34.4. The Kier molecular flexibility index (Phi) is 6.06. The summed E-state index contributed by atoms with van der Waals surface area (Å²) in [4.78, 5) is 12.7.